The maximum Gasteiger partial charge on any atom is 0.269 e. The van der Waals surface area contributed by atoms with Crippen LogP contribution in [-0.2, 0) is 0 Å². The van der Waals surface area contributed by atoms with Crippen molar-refractivity contribution in [1.29, 1.82) is 0 Å². The van der Waals surface area contributed by atoms with E-state index in [0.29, 0.717) is 5.56 Å². The van der Waals surface area contributed by atoms with Gasteiger partial charge in [0.25, 0.3) is 5.69 Å². The fraction of sp³-hybridized carbons (Fsp3) is 0.0476. The van der Waals surface area contributed by atoms with Gasteiger partial charge in [0.1, 0.15) is 0 Å². The molecule has 0 unspecified atom stereocenters. The molecule has 3 rings (SSSR count). The summed E-state index contributed by atoms with van der Waals surface area (Å²) in [6.45, 7) is 1.97. The van der Waals surface area contributed by atoms with E-state index < -0.39 is 4.92 Å². The van der Waals surface area contributed by atoms with E-state index in [1.807, 2.05) is 37.3 Å². The zero-order valence-electron chi connectivity index (χ0n) is 15.0. The third-order valence-electron chi connectivity index (χ3n) is 4.02. The Bertz CT molecular complexity index is 1050. The van der Waals surface area contributed by atoms with Crippen LogP contribution in [0.2, 0.25) is 0 Å². The molecule has 7 heteroatoms. The maximum atomic E-state index is 13.2. The van der Waals surface area contributed by atoms with Gasteiger partial charge < -0.3 is 10.4 Å². The first-order valence-corrected chi connectivity index (χ1v) is 8.87. The highest BCUT2D eigenvalue weighted by molar-refractivity contribution is 7.81. The molecule has 0 spiro atoms. The number of aryl methyl sites for hydroxylation is 1. The predicted octanol–water partition coefficient (Wildman–Crippen LogP) is 3.32. The Morgan fingerprint density at radius 2 is 1.71 bits per heavy atom. The number of benzene rings is 2. The van der Waals surface area contributed by atoms with E-state index in [0.717, 1.165) is 11.3 Å². The molecule has 6 nitrogen and oxygen atoms in total. The van der Waals surface area contributed by atoms with Gasteiger partial charge in [-0.25, -0.2) is 0 Å². The van der Waals surface area contributed by atoms with Gasteiger partial charge in [-0.2, -0.15) is 4.57 Å². The summed E-state index contributed by atoms with van der Waals surface area (Å²) in [4.78, 5) is 10.6. The monoisotopic (exact) mass is 391 g/mol. The average molecular weight is 391 g/mol. The molecular formula is C21H17N3O3S. The minimum absolute atomic E-state index is 0.0778. The summed E-state index contributed by atoms with van der Waals surface area (Å²) < 4.78 is 1.63. The van der Waals surface area contributed by atoms with Gasteiger partial charge in [-0.05, 0) is 48.1 Å². The fourth-order valence-corrected chi connectivity index (χ4v) is 2.99. The van der Waals surface area contributed by atoms with Gasteiger partial charge in [0.15, 0.2) is 17.4 Å². The van der Waals surface area contributed by atoms with Crippen molar-refractivity contribution >= 4 is 40.0 Å². The molecule has 0 saturated heterocycles. The largest absolute Gasteiger partial charge is 0.867 e. The second-order valence-corrected chi connectivity index (χ2v) is 6.50. The number of rotatable bonds is 5. The number of anilines is 1. The number of thiocarbonyl (C=S) groups is 1. The molecule has 28 heavy (non-hydrogen) atoms. The first-order chi connectivity index (χ1) is 13.5. The van der Waals surface area contributed by atoms with E-state index in [1.54, 1.807) is 29.1 Å². The van der Waals surface area contributed by atoms with Crippen LogP contribution >= 0.6 is 12.2 Å². The van der Waals surface area contributed by atoms with E-state index in [-0.39, 0.29) is 22.1 Å². The molecule has 0 fully saturated rings. The molecule has 0 aliphatic rings. The summed E-state index contributed by atoms with van der Waals surface area (Å²) in [5.41, 5.74) is 2.32. The third kappa shape index (κ3) is 4.39. The molecular weight excluding hydrogens is 374 g/mol. The van der Waals surface area contributed by atoms with Gasteiger partial charge in [0.2, 0.25) is 5.70 Å². The average Bonchev–Trinajstić information content (AvgIpc) is 2.69. The number of pyridine rings is 1. The summed E-state index contributed by atoms with van der Waals surface area (Å²) >= 11 is 5.53. The number of aromatic nitrogens is 1. The van der Waals surface area contributed by atoms with Crippen LogP contribution in [0.1, 0.15) is 11.1 Å². The third-order valence-corrected chi connectivity index (χ3v) is 4.32. The van der Waals surface area contributed by atoms with E-state index in [2.05, 4.69) is 5.32 Å². The Morgan fingerprint density at radius 3 is 2.32 bits per heavy atom. The number of nitro benzene ring substituents is 1. The quantitative estimate of drug-likeness (QED) is 0.180. The van der Waals surface area contributed by atoms with Gasteiger partial charge in [0, 0.05) is 30.0 Å². The topological polar surface area (TPSA) is 82.1 Å². The van der Waals surface area contributed by atoms with Crippen LogP contribution in [0.25, 0.3) is 11.5 Å². The van der Waals surface area contributed by atoms with E-state index in [1.165, 1.54) is 24.3 Å². The molecule has 0 radical (unpaired) electrons. The van der Waals surface area contributed by atoms with E-state index in [4.69, 9.17) is 12.2 Å². The van der Waals surface area contributed by atoms with E-state index >= 15 is 0 Å². The van der Waals surface area contributed by atoms with Gasteiger partial charge >= 0.3 is 0 Å². The lowest BCUT2D eigenvalue weighted by Crippen LogP contribution is -2.39. The minimum atomic E-state index is -0.505. The number of non-ortho nitro benzene ring substituents is 1. The Balaban J connectivity index is 2.04. The highest BCUT2D eigenvalue weighted by Gasteiger charge is 2.19. The predicted molar refractivity (Wildman–Crippen MR) is 110 cm³/mol. The summed E-state index contributed by atoms with van der Waals surface area (Å²) in [5, 5.41) is 27.1. The van der Waals surface area contributed by atoms with Crippen molar-refractivity contribution in [3.05, 3.63) is 100 Å². The van der Waals surface area contributed by atoms with Crippen molar-refractivity contribution in [3.8, 4) is 0 Å². The SMILES string of the molecule is Cc1cccc(NC(=S)/C(=C(\[O-])c2ccc([N+](=O)[O-])cc2)[n+]2ccccc2)c1. The summed E-state index contributed by atoms with van der Waals surface area (Å²) in [6, 6.07) is 18.5. The fourth-order valence-electron chi connectivity index (χ4n) is 2.67. The maximum absolute atomic E-state index is 13.2. The molecule has 0 saturated carbocycles. The first-order valence-electron chi connectivity index (χ1n) is 8.46. The highest BCUT2D eigenvalue weighted by Crippen LogP contribution is 2.20. The van der Waals surface area contributed by atoms with E-state index in [9.17, 15) is 15.2 Å². The first kappa shape index (κ1) is 19.2. The molecule has 1 N–H and O–H groups in total. The van der Waals surface area contributed by atoms with Gasteiger partial charge in [-0.1, -0.05) is 30.4 Å². The lowest BCUT2D eigenvalue weighted by Gasteiger charge is -2.17. The van der Waals surface area contributed by atoms with Crippen molar-refractivity contribution in [2.75, 3.05) is 5.32 Å². The summed E-state index contributed by atoms with van der Waals surface area (Å²) in [7, 11) is 0. The molecule has 0 bridgehead atoms. The van der Waals surface area contributed by atoms with Crippen molar-refractivity contribution in [1.82, 2.24) is 0 Å². The number of nitrogens with zero attached hydrogens (tertiary/aromatic N) is 2. The Labute approximate surface area is 167 Å². The molecule has 140 valence electrons. The minimum Gasteiger partial charge on any atom is -0.867 e. The zero-order chi connectivity index (χ0) is 20.1. The van der Waals surface area contributed by atoms with Gasteiger partial charge in [-0.3, -0.25) is 10.1 Å². The summed E-state index contributed by atoms with van der Waals surface area (Å²) in [6.07, 6.45) is 3.45. The molecule has 1 aromatic heterocycles. The highest BCUT2D eigenvalue weighted by atomic mass is 32.1. The number of nitro groups is 1. The molecule has 1 heterocycles. The lowest BCUT2D eigenvalue weighted by molar-refractivity contribution is -0.577. The van der Waals surface area contributed by atoms with Crippen molar-refractivity contribution in [2.45, 2.75) is 6.92 Å². The smallest absolute Gasteiger partial charge is 0.269 e. The zero-order valence-corrected chi connectivity index (χ0v) is 15.8. The number of hydrogen-bond acceptors (Lipinski definition) is 4. The molecule has 0 aliphatic carbocycles. The standard InChI is InChI=1S/C21H17N3O3S/c1-15-6-5-7-17(14-15)22-21(28)19(23-12-3-2-4-13-23)20(25)16-8-10-18(11-9-16)24(26)27/h2-14H,1H3,(H-,22,25,28). The van der Waals surface area contributed by atoms with Crippen LogP contribution in [-0.4, -0.2) is 9.91 Å². The van der Waals surface area contributed by atoms with Crippen LogP contribution in [0, 0.1) is 17.0 Å². The van der Waals surface area contributed by atoms with Gasteiger partial charge in [-0.15, -0.1) is 0 Å². The summed E-state index contributed by atoms with van der Waals surface area (Å²) in [5.74, 6) is -0.337. The Hall–Kier alpha value is -3.58. The Kier molecular flexibility index (Phi) is 5.76. The number of nitrogens with one attached hydrogen (secondary N) is 1. The van der Waals surface area contributed by atoms with Crippen LogP contribution in [0.15, 0.2) is 79.1 Å². The second-order valence-electron chi connectivity index (χ2n) is 6.09. The van der Waals surface area contributed by atoms with Gasteiger partial charge in [0.05, 0.1) is 4.92 Å². The van der Waals surface area contributed by atoms with Crippen molar-refractivity contribution in [2.24, 2.45) is 0 Å². The van der Waals surface area contributed by atoms with Crippen LogP contribution in [0.4, 0.5) is 11.4 Å². The number of hydrogen-bond donors (Lipinski definition) is 1. The molecule has 0 aliphatic heterocycles. The molecule has 0 atom stereocenters. The molecule has 3 aromatic rings. The molecule has 2 aromatic carbocycles. The lowest BCUT2D eigenvalue weighted by atomic mass is 10.1. The van der Waals surface area contributed by atoms with Crippen LogP contribution < -0.4 is 15.0 Å². The van der Waals surface area contributed by atoms with Crippen LogP contribution in [0.5, 0.6) is 0 Å². The van der Waals surface area contributed by atoms with Crippen molar-refractivity contribution in [3.63, 3.8) is 0 Å². The second kappa shape index (κ2) is 8.41. The normalized spacial score (nSPS) is 11.5. The Morgan fingerprint density at radius 1 is 1.04 bits per heavy atom. The van der Waals surface area contributed by atoms with Crippen LogP contribution in [0.3, 0.4) is 0 Å². The molecule has 0 amide bonds. The van der Waals surface area contributed by atoms with Crippen molar-refractivity contribution < 1.29 is 14.6 Å².